The van der Waals surface area contributed by atoms with Crippen LogP contribution in [0.1, 0.15) is 24.0 Å². The number of hydrogen-bond acceptors (Lipinski definition) is 3. The second-order valence-corrected chi connectivity index (χ2v) is 6.78. The van der Waals surface area contributed by atoms with Gasteiger partial charge in [-0.15, -0.1) is 0 Å². The monoisotopic (exact) mass is 339 g/mol. The zero-order chi connectivity index (χ0) is 14.5. The van der Waals surface area contributed by atoms with Crippen LogP contribution in [0.2, 0.25) is 0 Å². The Hall–Kier alpha value is -0.420. The topological polar surface area (TPSA) is 18.5 Å². The van der Waals surface area contributed by atoms with E-state index in [9.17, 15) is 0 Å². The molecule has 1 aliphatic heterocycles. The van der Waals surface area contributed by atoms with Gasteiger partial charge in [-0.25, -0.2) is 0 Å². The minimum Gasteiger partial charge on any atom is -0.316 e. The third-order valence-electron chi connectivity index (χ3n) is 4.14. The van der Waals surface area contributed by atoms with Gasteiger partial charge in [-0.3, -0.25) is 4.90 Å². The van der Waals surface area contributed by atoms with Crippen molar-refractivity contribution in [3.05, 3.63) is 33.8 Å². The zero-order valence-electron chi connectivity index (χ0n) is 12.8. The maximum atomic E-state index is 3.72. The van der Waals surface area contributed by atoms with Crippen molar-refractivity contribution in [1.82, 2.24) is 15.1 Å². The first-order valence-electron chi connectivity index (χ1n) is 7.41. The fraction of sp³-hybridized carbons (Fsp3) is 0.625. The van der Waals surface area contributed by atoms with Gasteiger partial charge in [0.05, 0.1) is 0 Å². The molecular formula is C16H26BrN3. The lowest BCUT2D eigenvalue weighted by Gasteiger charge is -2.36. The number of likely N-dealkylation sites (tertiary alicyclic amines) is 1. The Balaban J connectivity index is 1.98. The summed E-state index contributed by atoms with van der Waals surface area (Å²) in [4.78, 5) is 4.93. The summed E-state index contributed by atoms with van der Waals surface area (Å²) in [6, 6.07) is 7.38. The van der Waals surface area contributed by atoms with Crippen molar-refractivity contribution < 1.29 is 0 Å². The van der Waals surface area contributed by atoms with E-state index in [1.807, 2.05) is 7.05 Å². The summed E-state index contributed by atoms with van der Waals surface area (Å²) in [7, 11) is 6.45. The number of benzene rings is 1. The van der Waals surface area contributed by atoms with Crippen LogP contribution in [0.15, 0.2) is 22.7 Å². The summed E-state index contributed by atoms with van der Waals surface area (Å²) >= 11 is 3.72. The summed E-state index contributed by atoms with van der Waals surface area (Å²) < 4.78 is 1.22. The largest absolute Gasteiger partial charge is 0.316 e. The number of likely N-dealkylation sites (N-methyl/N-ethyl adjacent to an activating group) is 2. The van der Waals surface area contributed by atoms with Gasteiger partial charge in [0.1, 0.15) is 0 Å². The van der Waals surface area contributed by atoms with Crippen LogP contribution in [0.25, 0.3) is 0 Å². The molecule has 2 rings (SSSR count). The molecule has 3 nitrogen and oxygen atoms in total. The summed E-state index contributed by atoms with van der Waals surface area (Å²) in [5.74, 6) is 0. The zero-order valence-corrected chi connectivity index (χ0v) is 14.4. The van der Waals surface area contributed by atoms with Crippen LogP contribution in [0, 0.1) is 0 Å². The number of hydrogen-bond donors (Lipinski definition) is 1. The first-order chi connectivity index (χ1) is 9.60. The normalized spacial score (nSPS) is 20.6. The highest BCUT2D eigenvalue weighted by Crippen LogP contribution is 2.22. The Morgan fingerprint density at radius 2 is 2.25 bits per heavy atom. The van der Waals surface area contributed by atoms with Crippen molar-refractivity contribution in [2.45, 2.75) is 32.0 Å². The molecule has 112 valence electrons. The van der Waals surface area contributed by atoms with Crippen LogP contribution < -0.4 is 5.32 Å². The number of rotatable bonds is 5. The molecule has 1 unspecified atom stereocenters. The van der Waals surface area contributed by atoms with E-state index in [4.69, 9.17) is 0 Å². The van der Waals surface area contributed by atoms with Gasteiger partial charge < -0.3 is 10.2 Å². The Labute approximate surface area is 131 Å². The van der Waals surface area contributed by atoms with E-state index in [-0.39, 0.29) is 0 Å². The van der Waals surface area contributed by atoms with E-state index >= 15 is 0 Å². The molecule has 1 aromatic rings. The Morgan fingerprint density at radius 1 is 1.45 bits per heavy atom. The smallest absolute Gasteiger partial charge is 0.0245 e. The molecule has 1 aliphatic rings. The molecule has 1 heterocycles. The van der Waals surface area contributed by atoms with E-state index in [2.05, 4.69) is 63.3 Å². The van der Waals surface area contributed by atoms with Crippen LogP contribution in [0.3, 0.4) is 0 Å². The minimum atomic E-state index is 0.678. The van der Waals surface area contributed by atoms with Crippen LogP contribution >= 0.6 is 15.9 Å². The lowest BCUT2D eigenvalue weighted by molar-refractivity contribution is 0.129. The molecule has 4 heteroatoms. The molecule has 0 radical (unpaired) electrons. The fourth-order valence-electron chi connectivity index (χ4n) is 2.93. The third kappa shape index (κ3) is 4.29. The van der Waals surface area contributed by atoms with E-state index in [1.165, 1.54) is 41.5 Å². The van der Waals surface area contributed by atoms with Crippen LogP contribution in [-0.2, 0) is 13.1 Å². The highest BCUT2D eigenvalue weighted by atomic mass is 79.9. The SMILES string of the molecule is CNCc1ccc(CN(C)C2CCCN(C)C2)c(Br)c1. The summed E-state index contributed by atoms with van der Waals surface area (Å²) in [6.45, 7) is 4.36. The quantitative estimate of drug-likeness (QED) is 0.889. The summed E-state index contributed by atoms with van der Waals surface area (Å²) in [6.07, 6.45) is 2.63. The van der Waals surface area contributed by atoms with Crippen molar-refractivity contribution in [2.75, 3.05) is 34.2 Å². The predicted octanol–water partition coefficient (Wildman–Crippen LogP) is 2.69. The van der Waals surface area contributed by atoms with Gasteiger partial charge >= 0.3 is 0 Å². The van der Waals surface area contributed by atoms with Gasteiger partial charge in [0.2, 0.25) is 0 Å². The lowest BCUT2D eigenvalue weighted by atomic mass is 10.0. The maximum absolute atomic E-state index is 3.72. The average Bonchev–Trinajstić information content (AvgIpc) is 2.42. The molecule has 0 spiro atoms. The van der Waals surface area contributed by atoms with Crippen molar-refractivity contribution in [2.24, 2.45) is 0 Å². The Kier molecular flexibility index (Phi) is 6.02. The van der Waals surface area contributed by atoms with Gasteiger partial charge in [0.25, 0.3) is 0 Å². The van der Waals surface area contributed by atoms with Crippen LogP contribution in [0.5, 0.6) is 0 Å². The molecule has 0 amide bonds. The third-order valence-corrected chi connectivity index (χ3v) is 4.88. The van der Waals surface area contributed by atoms with Gasteiger partial charge in [-0.1, -0.05) is 28.1 Å². The van der Waals surface area contributed by atoms with Gasteiger partial charge in [-0.2, -0.15) is 0 Å². The van der Waals surface area contributed by atoms with E-state index < -0.39 is 0 Å². The average molecular weight is 340 g/mol. The number of nitrogens with one attached hydrogen (secondary N) is 1. The minimum absolute atomic E-state index is 0.678. The predicted molar refractivity (Wildman–Crippen MR) is 88.9 cm³/mol. The first kappa shape index (κ1) is 16.0. The van der Waals surface area contributed by atoms with Gasteiger partial charge in [0.15, 0.2) is 0 Å². The van der Waals surface area contributed by atoms with Crippen molar-refractivity contribution in [1.29, 1.82) is 0 Å². The number of piperidine rings is 1. The van der Waals surface area contributed by atoms with E-state index in [1.54, 1.807) is 0 Å². The van der Waals surface area contributed by atoms with Gasteiger partial charge in [-0.05, 0) is 57.7 Å². The molecule has 1 saturated heterocycles. The maximum Gasteiger partial charge on any atom is 0.0245 e. The van der Waals surface area contributed by atoms with Crippen LogP contribution in [0.4, 0.5) is 0 Å². The first-order valence-corrected chi connectivity index (χ1v) is 8.20. The highest BCUT2D eigenvalue weighted by molar-refractivity contribution is 9.10. The molecular weight excluding hydrogens is 314 g/mol. The molecule has 0 bridgehead atoms. The fourth-order valence-corrected chi connectivity index (χ4v) is 3.48. The summed E-state index contributed by atoms with van der Waals surface area (Å²) in [5, 5.41) is 3.19. The van der Waals surface area contributed by atoms with Gasteiger partial charge in [0, 0.05) is 30.1 Å². The number of nitrogens with zero attached hydrogens (tertiary/aromatic N) is 2. The van der Waals surface area contributed by atoms with E-state index in [0.29, 0.717) is 6.04 Å². The summed E-state index contributed by atoms with van der Waals surface area (Å²) in [5.41, 5.74) is 2.70. The highest BCUT2D eigenvalue weighted by Gasteiger charge is 2.21. The van der Waals surface area contributed by atoms with Crippen molar-refractivity contribution >= 4 is 15.9 Å². The molecule has 0 aromatic heterocycles. The molecule has 0 saturated carbocycles. The molecule has 1 atom stereocenters. The van der Waals surface area contributed by atoms with E-state index in [0.717, 1.165) is 13.1 Å². The molecule has 1 fully saturated rings. The lowest BCUT2D eigenvalue weighted by Crippen LogP contribution is -2.44. The second-order valence-electron chi connectivity index (χ2n) is 5.93. The molecule has 0 aliphatic carbocycles. The molecule has 20 heavy (non-hydrogen) atoms. The number of halogens is 1. The molecule has 1 N–H and O–H groups in total. The molecule has 1 aromatic carbocycles. The van der Waals surface area contributed by atoms with Crippen LogP contribution in [-0.4, -0.2) is 50.1 Å². The van der Waals surface area contributed by atoms with Crippen molar-refractivity contribution in [3.63, 3.8) is 0 Å². The standard InChI is InChI=1S/C16H26BrN3/c1-18-10-13-6-7-14(16(17)9-13)11-20(3)15-5-4-8-19(2)12-15/h6-7,9,15,18H,4-5,8,10-12H2,1-3H3. The Morgan fingerprint density at radius 3 is 2.90 bits per heavy atom. The Bertz CT molecular complexity index is 436. The van der Waals surface area contributed by atoms with Crippen molar-refractivity contribution in [3.8, 4) is 0 Å². The second kappa shape index (κ2) is 7.55.